The van der Waals surface area contributed by atoms with E-state index in [-0.39, 0.29) is 24.0 Å². The number of hydrogen-bond donors (Lipinski definition) is 2. The lowest BCUT2D eigenvalue weighted by Crippen LogP contribution is -2.42. The number of nitrogens with zero attached hydrogens (tertiary/aromatic N) is 2. The van der Waals surface area contributed by atoms with Gasteiger partial charge in [0.25, 0.3) is 0 Å². The van der Waals surface area contributed by atoms with Crippen LogP contribution in [0.2, 0.25) is 0 Å². The van der Waals surface area contributed by atoms with E-state index in [1.807, 2.05) is 11.8 Å². The third-order valence-electron chi connectivity index (χ3n) is 4.44. The molecule has 1 fully saturated rings. The second kappa shape index (κ2) is 15.6. The summed E-state index contributed by atoms with van der Waals surface area (Å²) in [6.45, 7) is 5.24. The van der Waals surface area contributed by atoms with E-state index >= 15 is 0 Å². The summed E-state index contributed by atoms with van der Waals surface area (Å²) in [6.07, 6.45) is 12.6. The van der Waals surface area contributed by atoms with Crippen LogP contribution in [-0.4, -0.2) is 62.1 Å². The highest BCUT2D eigenvalue weighted by atomic mass is 127. The molecule has 1 aliphatic carbocycles. The number of unbranched alkanes of at least 4 members (excludes halogenated alkanes) is 4. The molecule has 144 valence electrons. The van der Waals surface area contributed by atoms with E-state index in [9.17, 15) is 0 Å². The van der Waals surface area contributed by atoms with Crippen molar-refractivity contribution in [3.05, 3.63) is 0 Å². The van der Waals surface area contributed by atoms with E-state index in [2.05, 4.69) is 42.8 Å². The Hall–Kier alpha value is 0.310. The fraction of sp³-hybridized carbons (Fsp3) is 0.944. The molecule has 1 saturated carbocycles. The van der Waals surface area contributed by atoms with Gasteiger partial charge in [-0.05, 0) is 65.9 Å². The van der Waals surface area contributed by atoms with Crippen LogP contribution in [0, 0.1) is 0 Å². The third kappa shape index (κ3) is 11.8. The van der Waals surface area contributed by atoms with Gasteiger partial charge in [-0.15, -0.1) is 24.0 Å². The van der Waals surface area contributed by atoms with Gasteiger partial charge in [0.15, 0.2) is 5.96 Å². The smallest absolute Gasteiger partial charge is 0.191 e. The molecule has 0 aromatic heterocycles. The lowest BCUT2D eigenvalue weighted by molar-refractivity contribution is 0.390. The fourth-order valence-corrected chi connectivity index (χ4v) is 3.86. The molecule has 24 heavy (non-hydrogen) atoms. The minimum absolute atomic E-state index is 0. The molecule has 0 aromatic rings. The van der Waals surface area contributed by atoms with Gasteiger partial charge in [0.05, 0.1) is 0 Å². The van der Waals surface area contributed by atoms with Crippen molar-refractivity contribution in [2.45, 2.75) is 69.6 Å². The van der Waals surface area contributed by atoms with Gasteiger partial charge in [-0.25, -0.2) is 0 Å². The summed E-state index contributed by atoms with van der Waals surface area (Å²) in [5, 5.41) is 7.85. The lowest BCUT2D eigenvalue weighted by atomic mass is 10.1. The van der Waals surface area contributed by atoms with E-state index in [1.165, 1.54) is 57.9 Å². The predicted molar refractivity (Wildman–Crippen MR) is 121 cm³/mol. The zero-order chi connectivity index (χ0) is 16.9. The first-order valence-corrected chi connectivity index (χ1v) is 10.7. The zero-order valence-corrected chi connectivity index (χ0v) is 19.3. The maximum absolute atomic E-state index is 4.75. The second-order valence-electron chi connectivity index (χ2n) is 6.84. The molecule has 0 spiro atoms. The topological polar surface area (TPSA) is 39.7 Å². The van der Waals surface area contributed by atoms with Crippen molar-refractivity contribution in [1.82, 2.24) is 15.5 Å². The van der Waals surface area contributed by atoms with E-state index in [0.29, 0.717) is 6.04 Å². The number of halogens is 1. The average Bonchev–Trinajstić information content (AvgIpc) is 2.97. The Morgan fingerprint density at radius 3 is 2.46 bits per heavy atom. The molecule has 0 bridgehead atoms. The zero-order valence-electron chi connectivity index (χ0n) is 16.1. The average molecular weight is 471 g/mol. The molecular weight excluding hydrogens is 431 g/mol. The van der Waals surface area contributed by atoms with Gasteiger partial charge in [-0.3, -0.25) is 4.99 Å². The second-order valence-corrected chi connectivity index (χ2v) is 7.98. The predicted octanol–water partition coefficient (Wildman–Crippen LogP) is 3.96. The Labute approximate surface area is 171 Å². The molecule has 0 saturated heterocycles. The third-order valence-corrected chi connectivity index (χ3v) is 5.53. The van der Waals surface area contributed by atoms with Gasteiger partial charge < -0.3 is 15.5 Å². The summed E-state index contributed by atoms with van der Waals surface area (Å²) in [5.74, 6) is 1.02. The molecule has 0 heterocycles. The van der Waals surface area contributed by atoms with Crippen LogP contribution in [0.3, 0.4) is 0 Å². The number of aliphatic imine (C=N–C) groups is 1. The Balaban J connectivity index is 0.00000529. The van der Waals surface area contributed by atoms with Crippen molar-refractivity contribution in [2.75, 3.05) is 40.0 Å². The maximum atomic E-state index is 4.75. The summed E-state index contributed by atoms with van der Waals surface area (Å²) in [5.41, 5.74) is 0. The quantitative estimate of drug-likeness (QED) is 0.208. The summed E-state index contributed by atoms with van der Waals surface area (Å²) >= 11 is 2.01. The molecule has 4 nitrogen and oxygen atoms in total. The van der Waals surface area contributed by atoms with Crippen molar-refractivity contribution >= 4 is 41.7 Å². The molecule has 0 aliphatic heterocycles. The molecule has 0 amide bonds. The van der Waals surface area contributed by atoms with Crippen LogP contribution < -0.4 is 10.6 Å². The van der Waals surface area contributed by atoms with Gasteiger partial charge in [-0.2, -0.15) is 11.8 Å². The van der Waals surface area contributed by atoms with E-state index in [4.69, 9.17) is 4.99 Å². The van der Waals surface area contributed by atoms with E-state index < -0.39 is 0 Å². The number of hydrogen-bond acceptors (Lipinski definition) is 3. The molecule has 2 unspecified atom stereocenters. The first kappa shape index (κ1) is 24.3. The molecular formula is C18H39IN4S. The Morgan fingerprint density at radius 1 is 1.12 bits per heavy atom. The van der Waals surface area contributed by atoms with Gasteiger partial charge in [0, 0.05) is 24.4 Å². The Morgan fingerprint density at radius 2 is 1.83 bits per heavy atom. The van der Waals surface area contributed by atoms with Crippen molar-refractivity contribution < 1.29 is 0 Å². The summed E-state index contributed by atoms with van der Waals surface area (Å²) in [4.78, 5) is 7.02. The van der Waals surface area contributed by atoms with Crippen molar-refractivity contribution in [3.63, 3.8) is 0 Å². The van der Waals surface area contributed by atoms with Gasteiger partial charge in [-0.1, -0.05) is 19.3 Å². The largest absolute Gasteiger partial charge is 0.357 e. The van der Waals surface area contributed by atoms with Crippen molar-refractivity contribution in [1.29, 1.82) is 0 Å². The minimum Gasteiger partial charge on any atom is -0.357 e. The SMILES string of the molecule is CCNC(=NCCCCCCCN(C)C)NC1CCC(SC)C1.I. The first-order chi connectivity index (χ1) is 11.2. The molecule has 0 radical (unpaired) electrons. The van der Waals surface area contributed by atoms with Gasteiger partial charge in [0.2, 0.25) is 0 Å². The maximum Gasteiger partial charge on any atom is 0.191 e. The Kier molecular flexibility index (Phi) is 15.8. The first-order valence-electron chi connectivity index (χ1n) is 9.38. The van der Waals surface area contributed by atoms with Crippen molar-refractivity contribution in [3.8, 4) is 0 Å². The minimum atomic E-state index is 0. The van der Waals surface area contributed by atoms with E-state index in [1.54, 1.807) is 0 Å². The van der Waals surface area contributed by atoms with Crippen LogP contribution in [0.25, 0.3) is 0 Å². The fourth-order valence-electron chi connectivity index (χ4n) is 3.06. The number of rotatable bonds is 11. The van der Waals surface area contributed by atoms with Gasteiger partial charge >= 0.3 is 0 Å². The highest BCUT2D eigenvalue weighted by molar-refractivity contribution is 14.0. The highest BCUT2D eigenvalue weighted by Gasteiger charge is 2.24. The van der Waals surface area contributed by atoms with Crippen molar-refractivity contribution in [2.24, 2.45) is 4.99 Å². The monoisotopic (exact) mass is 470 g/mol. The van der Waals surface area contributed by atoms with Crippen LogP contribution in [0.5, 0.6) is 0 Å². The molecule has 1 aliphatic rings. The summed E-state index contributed by atoms with van der Waals surface area (Å²) < 4.78 is 0. The molecule has 6 heteroatoms. The summed E-state index contributed by atoms with van der Waals surface area (Å²) in [6, 6.07) is 0.608. The van der Waals surface area contributed by atoms with Crippen LogP contribution in [0.1, 0.15) is 58.3 Å². The molecule has 2 N–H and O–H groups in total. The summed E-state index contributed by atoms with van der Waals surface area (Å²) in [7, 11) is 4.30. The molecule has 1 rings (SSSR count). The van der Waals surface area contributed by atoms with Crippen LogP contribution in [0.15, 0.2) is 4.99 Å². The standard InChI is InChI=1S/C18H38N4S.HI/c1-5-19-18(21-16-11-12-17(15-16)23-4)20-13-9-7-6-8-10-14-22(2)3;/h16-17H,5-15H2,1-4H3,(H2,19,20,21);1H. The molecule has 2 atom stereocenters. The van der Waals surface area contributed by atoms with E-state index in [0.717, 1.165) is 24.3 Å². The lowest BCUT2D eigenvalue weighted by Gasteiger charge is -2.17. The normalized spacial score (nSPS) is 21.0. The van der Waals surface area contributed by atoms with Gasteiger partial charge in [0.1, 0.15) is 0 Å². The number of nitrogens with one attached hydrogen (secondary N) is 2. The van der Waals surface area contributed by atoms with Crippen LogP contribution in [-0.2, 0) is 0 Å². The highest BCUT2D eigenvalue weighted by Crippen LogP contribution is 2.27. The Bertz CT molecular complexity index is 326. The molecule has 0 aromatic carbocycles. The number of thioether (sulfide) groups is 1. The van der Waals surface area contributed by atoms with Crippen LogP contribution >= 0.6 is 35.7 Å². The van der Waals surface area contributed by atoms with Crippen LogP contribution in [0.4, 0.5) is 0 Å². The number of guanidine groups is 1.